The number of carbonyl (C=O) groups is 2. The number of carbonyl (C=O) groups excluding carboxylic acids is 1. The highest BCUT2D eigenvalue weighted by Gasteiger charge is 2.24. The van der Waals surface area contributed by atoms with Gasteiger partial charge in [0.25, 0.3) is 0 Å². The molecule has 1 amide bonds. The van der Waals surface area contributed by atoms with Crippen molar-refractivity contribution in [3.63, 3.8) is 0 Å². The quantitative estimate of drug-likeness (QED) is 0.605. The van der Waals surface area contributed by atoms with E-state index in [1.165, 1.54) is 0 Å². The predicted molar refractivity (Wildman–Crippen MR) is 62.5 cm³/mol. The molecular weight excluding hydrogens is 222 g/mol. The van der Waals surface area contributed by atoms with Gasteiger partial charge in [0, 0.05) is 19.4 Å². The highest BCUT2D eigenvalue weighted by atomic mass is 16.4. The van der Waals surface area contributed by atoms with Gasteiger partial charge in [0.15, 0.2) is 0 Å². The summed E-state index contributed by atoms with van der Waals surface area (Å²) in [6, 6.07) is 0. The van der Waals surface area contributed by atoms with E-state index in [9.17, 15) is 14.7 Å². The lowest BCUT2D eigenvalue weighted by atomic mass is 9.84. The highest BCUT2D eigenvalue weighted by molar-refractivity contribution is 5.76. The third-order valence-corrected chi connectivity index (χ3v) is 3.21. The van der Waals surface area contributed by atoms with Crippen LogP contribution in [0.5, 0.6) is 0 Å². The number of hydrogen-bond acceptors (Lipinski definition) is 3. The van der Waals surface area contributed by atoms with Gasteiger partial charge in [-0.05, 0) is 25.2 Å². The summed E-state index contributed by atoms with van der Waals surface area (Å²) in [5, 5.41) is 20.8. The number of carboxylic acids is 1. The molecule has 0 radical (unpaired) electrons. The second-order valence-electron chi connectivity index (χ2n) is 4.66. The summed E-state index contributed by atoms with van der Waals surface area (Å²) >= 11 is 0. The van der Waals surface area contributed by atoms with E-state index in [1.807, 2.05) is 0 Å². The lowest BCUT2D eigenvalue weighted by molar-refractivity contribution is -0.137. The third-order valence-electron chi connectivity index (χ3n) is 3.21. The lowest BCUT2D eigenvalue weighted by Gasteiger charge is -2.26. The summed E-state index contributed by atoms with van der Waals surface area (Å²) in [7, 11) is 0. The van der Waals surface area contributed by atoms with Crippen LogP contribution in [0.25, 0.3) is 0 Å². The Labute approximate surface area is 101 Å². The third kappa shape index (κ3) is 5.68. The molecule has 5 heteroatoms. The molecule has 17 heavy (non-hydrogen) atoms. The maximum Gasteiger partial charge on any atom is 0.303 e. The molecule has 0 saturated heterocycles. The van der Waals surface area contributed by atoms with Crippen LogP contribution >= 0.6 is 0 Å². The Morgan fingerprint density at radius 1 is 1.24 bits per heavy atom. The topological polar surface area (TPSA) is 86.6 Å². The Bertz CT molecular complexity index is 267. The Hall–Kier alpha value is -1.10. The van der Waals surface area contributed by atoms with Gasteiger partial charge in [0.05, 0.1) is 6.10 Å². The molecule has 0 unspecified atom stereocenters. The summed E-state index contributed by atoms with van der Waals surface area (Å²) < 4.78 is 0. The van der Waals surface area contributed by atoms with Gasteiger partial charge in [-0.15, -0.1) is 0 Å². The van der Waals surface area contributed by atoms with Crippen molar-refractivity contribution in [2.75, 3.05) is 6.54 Å². The summed E-state index contributed by atoms with van der Waals surface area (Å²) in [5.41, 5.74) is 0. The van der Waals surface area contributed by atoms with Crippen LogP contribution in [0, 0.1) is 5.92 Å². The number of aliphatic carboxylic acids is 1. The van der Waals surface area contributed by atoms with Gasteiger partial charge < -0.3 is 15.5 Å². The number of rotatable bonds is 6. The van der Waals surface area contributed by atoms with Crippen molar-refractivity contribution in [2.45, 2.75) is 51.0 Å². The minimum absolute atomic E-state index is 0.0724. The summed E-state index contributed by atoms with van der Waals surface area (Å²) in [6.45, 7) is 0.397. The molecule has 98 valence electrons. The number of hydrogen-bond donors (Lipinski definition) is 3. The number of carboxylic acid groups (broad SMARTS) is 1. The lowest BCUT2D eigenvalue weighted by Crippen LogP contribution is -2.32. The molecule has 0 aromatic heterocycles. The van der Waals surface area contributed by atoms with Gasteiger partial charge in [0.1, 0.15) is 0 Å². The van der Waals surface area contributed by atoms with Crippen molar-refractivity contribution in [1.29, 1.82) is 0 Å². The molecule has 5 nitrogen and oxygen atoms in total. The van der Waals surface area contributed by atoms with Crippen molar-refractivity contribution in [3.05, 3.63) is 0 Å². The van der Waals surface area contributed by atoms with E-state index < -0.39 is 5.97 Å². The molecular formula is C12H21NO4. The normalized spacial score (nSPS) is 24.3. The van der Waals surface area contributed by atoms with Gasteiger partial charge in [-0.1, -0.05) is 12.8 Å². The van der Waals surface area contributed by atoms with Gasteiger partial charge >= 0.3 is 5.97 Å². The van der Waals surface area contributed by atoms with E-state index in [1.54, 1.807) is 0 Å². The molecule has 0 heterocycles. The standard InChI is InChI=1S/C12H21NO4/c14-10-5-2-1-4-9(10)8-11(15)13-7-3-6-12(16)17/h9-10,14H,1-8H2,(H,13,15)(H,16,17)/t9-,10+/m0/s1. The van der Waals surface area contributed by atoms with Crippen LogP contribution in [0.15, 0.2) is 0 Å². The monoisotopic (exact) mass is 243 g/mol. The summed E-state index contributed by atoms with van der Waals surface area (Å²) in [6.07, 6.45) is 4.34. The second kappa shape index (κ2) is 7.27. The van der Waals surface area contributed by atoms with Crippen molar-refractivity contribution in [2.24, 2.45) is 5.92 Å². The van der Waals surface area contributed by atoms with Crippen molar-refractivity contribution in [3.8, 4) is 0 Å². The zero-order valence-corrected chi connectivity index (χ0v) is 10.0. The molecule has 0 aromatic carbocycles. The molecule has 1 aliphatic carbocycles. The summed E-state index contributed by atoms with van der Waals surface area (Å²) in [4.78, 5) is 21.8. The van der Waals surface area contributed by atoms with E-state index in [0.717, 1.165) is 25.7 Å². The molecule has 2 atom stereocenters. The Balaban J connectivity index is 2.13. The van der Waals surface area contributed by atoms with Crippen LogP contribution in [-0.2, 0) is 9.59 Å². The SMILES string of the molecule is O=C(O)CCCNC(=O)C[C@@H]1CCCC[C@H]1O. The molecule has 0 bridgehead atoms. The van der Waals surface area contributed by atoms with E-state index in [2.05, 4.69) is 5.32 Å². The van der Waals surface area contributed by atoms with Crippen molar-refractivity contribution in [1.82, 2.24) is 5.32 Å². The Morgan fingerprint density at radius 3 is 2.59 bits per heavy atom. The maximum absolute atomic E-state index is 11.5. The minimum Gasteiger partial charge on any atom is -0.481 e. The largest absolute Gasteiger partial charge is 0.481 e. The Morgan fingerprint density at radius 2 is 1.94 bits per heavy atom. The summed E-state index contributed by atoms with van der Waals surface area (Å²) in [5.74, 6) is -0.855. The van der Waals surface area contributed by atoms with Crippen LogP contribution in [0.4, 0.5) is 0 Å². The Kier molecular flexibility index (Phi) is 5.97. The molecule has 1 aliphatic rings. The van der Waals surface area contributed by atoms with Crippen LogP contribution in [0.1, 0.15) is 44.9 Å². The van der Waals surface area contributed by atoms with Crippen molar-refractivity contribution >= 4 is 11.9 Å². The van der Waals surface area contributed by atoms with E-state index in [-0.39, 0.29) is 24.3 Å². The molecule has 0 aromatic rings. The molecule has 1 rings (SSSR count). The van der Waals surface area contributed by atoms with Crippen LogP contribution < -0.4 is 5.32 Å². The molecule has 0 aliphatic heterocycles. The zero-order chi connectivity index (χ0) is 12.7. The van der Waals surface area contributed by atoms with Gasteiger partial charge in [0.2, 0.25) is 5.91 Å². The van der Waals surface area contributed by atoms with Gasteiger partial charge in [-0.25, -0.2) is 0 Å². The fourth-order valence-corrected chi connectivity index (χ4v) is 2.20. The van der Waals surface area contributed by atoms with E-state index >= 15 is 0 Å². The molecule has 3 N–H and O–H groups in total. The number of aliphatic hydroxyl groups excluding tert-OH is 1. The van der Waals surface area contributed by atoms with Crippen LogP contribution in [0.3, 0.4) is 0 Å². The first-order valence-corrected chi connectivity index (χ1v) is 6.26. The first kappa shape index (κ1) is 14.0. The second-order valence-corrected chi connectivity index (χ2v) is 4.66. The van der Waals surface area contributed by atoms with Crippen LogP contribution in [0.2, 0.25) is 0 Å². The molecule has 1 fully saturated rings. The van der Waals surface area contributed by atoms with Gasteiger partial charge in [-0.3, -0.25) is 9.59 Å². The number of aliphatic hydroxyl groups is 1. The first-order valence-electron chi connectivity index (χ1n) is 6.26. The number of amides is 1. The minimum atomic E-state index is -0.845. The van der Waals surface area contributed by atoms with Crippen LogP contribution in [-0.4, -0.2) is 34.7 Å². The smallest absolute Gasteiger partial charge is 0.303 e. The average molecular weight is 243 g/mol. The zero-order valence-electron chi connectivity index (χ0n) is 10.0. The maximum atomic E-state index is 11.5. The number of nitrogens with one attached hydrogen (secondary N) is 1. The molecule has 1 saturated carbocycles. The van der Waals surface area contributed by atoms with Crippen molar-refractivity contribution < 1.29 is 19.8 Å². The van der Waals surface area contributed by atoms with Gasteiger partial charge in [-0.2, -0.15) is 0 Å². The fourth-order valence-electron chi connectivity index (χ4n) is 2.20. The highest BCUT2D eigenvalue weighted by Crippen LogP contribution is 2.26. The van der Waals surface area contributed by atoms with E-state index in [4.69, 9.17) is 5.11 Å². The predicted octanol–water partition coefficient (Wildman–Crippen LogP) is 0.909. The first-order chi connectivity index (χ1) is 8.09. The molecule has 0 spiro atoms. The average Bonchev–Trinajstić information content (AvgIpc) is 2.27. The fraction of sp³-hybridized carbons (Fsp3) is 0.833. The van der Waals surface area contributed by atoms with E-state index in [0.29, 0.717) is 19.4 Å².